The topological polar surface area (TPSA) is 19.4 Å². The van der Waals surface area contributed by atoms with E-state index in [0.717, 1.165) is 79.6 Å². The van der Waals surface area contributed by atoms with Crippen molar-refractivity contribution in [2.45, 2.75) is 0 Å². The fourth-order valence-electron chi connectivity index (χ4n) is 17.5. The molecule has 0 amide bonds. The van der Waals surface area contributed by atoms with Gasteiger partial charge in [0.15, 0.2) is 0 Å². The van der Waals surface area contributed by atoms with Crippen LogP contribution in [0, 0.1) is 0 Å². The van der Waals surface area contributed by atoms with Crippen LogP contribution in [0.4, 0.5) is 85.3 Å². The zero-order chi connectivity index (χ0) is 83.9. The fourth-order valence-corrected chi connectivity index (χ4v) is 17.5. The van der Waals surface area contributed by atoms with Crippen LogP contribution in [0.2, 0.25) is 0 Å². The third-order valence-electron chi connectivity index (χ3n) is 24.2. The molecule has 0 aliphatic carbocycles. The quantitative estimate of drug-likeness (QED) is 0.0841. The summed E-state index contributed by atoms with van der Waals surface area (Å²) < 4.78 is 0. The minimum Gasteiger partial charge on any atom is -0.345 e. The molecule has 0 aliphatic rings. The SMILES string of the molecule is CN(c1ccc(-c2ccccc2)cc1)c1ccc(N(c2ccc3ccccc3c2)c2ccc3ccccc3c2)cc1.CN(c1ccc(N(c2ccc3ccccc3c2)c2ccc3ccccc3c2)cc1)c1c2ccccc2cc2ccccc12.CN(c1ccc(N(c2ccc3ccccc3c2)c2ccc3ccccc3c2)cc1)c1cccc(-c2ccccc2)c1. The van der Waals surface area contributed by atoms with Gasteiger partial charge in [-0.2, -0.15) is 0 Å². The Labute approximate surface area is 730 Å². The average Bonchev–Trinajstić information content (AvgIpc) is 0.760. The van der Waals surface area contributed by atoms with E-state index in [0.29, 0.717) is 0 Å². The van der Waals surface area contributed by atoms with Gasteiger partial charge in [-0.3, -0.25) is 0 Å². The second-order valence-electron chi connectivity index (χ2n) is 31.9. The third kappa shape index (κ3) is 16.3. The van der Waals surface area contributed by atoms with Crippen molar-refractivity contribution in [3.63, 3.8) is 0 Å². The molecule has 6 nitrogen and oxygen atoms in total. The molecule has 0 N–H and O–H groups in total. The van der Waals surface area contributed by atoms with E-state index in [-0.39, 0.29) is 0 Å². The third-order valence-corrected chi connectivity index (χ3v) is 24.2. The van der Waals surface area contributed by atoms with E-state index in [1.807, 2.05) is 0 Å². The van der Waals surface area contributed by atoms with Crippen LogP contribution in [0.5, 0.6) is 0 Å². The highest BCUT2D eigenvalue weighted by molar-refractivity contribution is 6.13. The monoisotopic (exact) mass is 1600 g/mol. The van der Waals surface area contributed by atoms with Crippen molar-refractivity contribution in [2.24, 2.45) is 0 Å². The lowest BCUT2D eigenvalue weighted by Gasteiger charge is -2.28. The van der Waals surface area contributed by atoms with E-state index in [1.54, 1.807) is 0 Å². The first kappa shape index (κ1) is 77.3. The minimum absolute atomic E-state index is 1.12. The van der Waals surface area contributed by atoms with Gasteiger partial charge < -0.3 is 29.4 Å². The summed E-state index contributed by atoms with van der Waals surface area (Å²) in [4.78, 5) is 13.8. The van der Waals surface area contributed by atoms with Crippen molar-refractivity contribution < 1.29 is 0 Å². The highest BCUT2D eigenvalue weighted by atomic mass is 15.2. The zero-order valence-corrected chi connectivity index (χ0v) is 69.9. The summed E-state index contributed by atoms with van der Waals surface area (Å²) in [5.41, 5.74) is 22.0. The second kappa shape index (κ2) is 34.8. The molecular weight excluding hydrogens is 1510 g/mol. The maximum Gasteiger partial charge on any atom is 0.0567 e. The van der Waals surface area contributed by atoms with Gasteiger partial charge in [0.1, 0.15) is 0 Å². The first-order valence-corrected chi connectivity index (χ1v) is 42.7. The molecule has 0 atom stereocenters. The maximum absolute atomic E-state index is 2.36. The Morgan fingerprint density at radius 1 is 0.120 bits per heavy atom. The summed E-state index contributed by atoms with van der Waals surface area (Å²) in [7, 11) is 6.42. The van der Waals surface area contributed by atoms with Gasteiger partial charge in [0.2, 0.25) is 0 Å². The molecule has 0 aromatic heterocycles. The average molecular weight is 1600 g/mol. The normalized spacial score (nSPS) is 11.2. The Morgan fingerprint density at radius 2 is 0.336 bits per heavy atom. The first-order valence-electron chi connectivity index (χ1n) is 42.7. The molecule has 0 unspecified atom stereocenters. The highest BCUT2D eigenvalue weighted by Gasteiger charge is 2.21. The van der Waals surface area contributed by atoms with E-state index in [4.69, 9.17) is 0 Å². The largest absolute Gasteiger partial charge is 0.345 e. The molecule has 0 fully saturated rings. The Balaban J connectivity index is 0.000000119. The smallest absolute Gasteiger partial charge is 0.0567 e. The van der Waals surface area contributed by atoms with Gasteiger partial charge in [0.25, 0.3) is 0 Å². The molecule has 125 heavy (non-hydrogen) atoms. The van der Waals surface area contributed by atoms with Crippen LogP contribution in [-0.4, -0.2) is 21.1 Å². The zero-order valence-electron chi connectivity index (χ0n) is 69.9. The van der Waals surface area contributed by atoms with Gasteiger partial charge in [-0.25, -0.2) is 0 Å². The summed E-state index contributed by atoms with van der Waals surface area (Å²) >= 11 is 0. The van der Waals surface area contributed by atoms with Crippen LogP contribution in [0.15, 0.2) is 491 Å². The number of hydrogen-bond acceptors (Lipinski definition) is 6. The predicted octanol–water partition coefficient (Wildman–Crippen LogP) is 33.3. The van der Waals surface area contributed by atoms with Crippen molar-refractivity contribution in [1.29, 1.82) is 0 Å². The Bertz CT molecular complexity index is 7310. The number of nitrogens with zero attached hydrogens (tertiary/aromatic N) is 6. The summed E-state index contributed by atoms with van der Waals surface area (Å²) in [5, 5.41) is 19.8. The molecule has 0 spiro atoms. The van der Waals surface area contributed by atoms with Crippen molar-refractivity contribution >= 4 is 171 Å². The molecule has 0 radical (unpaired) electrons. The number of benzene rings is 22. The van der Waals surface area contributed by atoms with Crippen molar-refractivity contribution in [3.8, 4) is 22.3 Å². The van der Waals surface area contributed by atoms with E-state index in [9.17, 15) is 0 Å². The molecule has 22 rings (SSSR count). The summed E-state index contributed by atoms with van der Waals surface area (Å²) in [6, 6.07) is 176. The Morgan fingerprint density at radius 3 is 0.648 bits per heavy atom. The Hall–Kier alpha value is -16.3. The molecule has 6 heteroatoms. The van der Waals surface area contributed by atoms with Gasteiger partial charge in [-0.15, -0.1) is 0 Å². The summed E-state index contributed by atoms with van der Waals surface area (Å²) in [6.07, 6.45) is 0. The lowest BCUT2D eigenvalue weighted by Crippen LogP contribution is -2.12. The molecule has 22 aromatic rings. The lowest BCUT2D eigenvalue weighted by atomic mass is 10.00. The van der Waals surface area contributed by atoms with Crippen LogP contribution in [0.3, 0.4) is 0 Å². The van der Waals surface area contributed by atoms with Gasteiger partial charge >= 0.3 is 0 Å². The maximum atomic E-state index is 2.36. The number of fused-ring (bicyclic) bond motifs is 8. The Kier molecular flexibility index (Phi) is 21.5. The molecule has 596 valence electrons. The lowest BCUT2D eigenvalue weighted by molar-refractivity contribution is 1.20. The van der Waals surface area contributed by atoms with Crippen molar-refractivity contribution in [3.05, 3.63) is 491 Å². The molecule has 0 bridgehead atoms. The van der Waals surface area contributed by atoms with Gasteiger partial charge in [0, 0.05) is 112 Å². The van der Waals surface area contributed by atoms with E-state index < -0.39 is 0 Å². The molecular formula is C119H90N6. The second-order valence-corrected chi connectivity index (χ2v) is 31.9. The van der Waals surface area contributed by atoms with Crippen molar-refractivity contribution in [1.82, 2.24) is 0 Å². The molecule has 22 aromatic carbocycles. The minimum atomic E-state index is 1.12. The first-order chi connectivity index (χ1) is 61.7. The molecule has 0 saturated carbocycles. The summed E-state index contributed by atoms with van der Waals surface area (Å²) in [5.74, 6) is 0. The van der Waals surface area contributed by atoms with Crippen LogP contribution < -0.4 is 29.4 Å². The standard InChI is InChI=1S/C41H30N2.2C39H30N2/c1-42(41-39-16-8-6-14-33(39)26-34-15-7-9-17-40(34)41)35-22-24-36(25-23-35)43(37-20-18-29-10-2-4-12-31(29)27-37)38-21-19-30-11-3-5-13-32(30)28-38;1-40(37-17-9-16-34(26-37)29-10-3-2-4-11-29)35-22-24-36(25-23-35)41(38-20-18-30-12-5-7-14-32(30)27-38)39-21-19-31-13-6-8-15-33(31)28-39;1-40(35-19-15-32(16-20-35)29-9-3-2-4-10-29)36-23-25-37(26-24-36)41(38-21-17-30-11-5-7-13-33(30)27-38)39-22-18-31-12-6-8-14-34(31)28-39/h2-28H,1H3;2*2-28H,1H3. The van der Waals surface area contributed by atoms with Gasteiger partial charge in [-0.05, 0) is 274 Å². The van der Waals surface area contributed by atoms with Crippen LogP contribution >= 0.6 is 0 Å². The van der Waals surface area contributed by atoms with Crippen LogP contribution in [0.1, 0.15) is 0 Å². The molecule has 0 aliphatic heterocycles. The van der Waals surface area contributed by atoms with E-state index in [2.05, 4.69) is 542 Å². The summed E-state index contributed by atoms with van der Waals surface area (Å²) in [6.45, 7) is 0. The van der Waals surface area contributed by atoms with Crippen LogP contribution in [0.25, 0.3) is 108 Å². The van der Waals surface area contributed by atoms with Gasteiger partial charge in [0.05, 0.1) is 5.69 Å². The molecule has 0 heterocycles. The molecule has 0 saturated heterocycles. The van der Waals surface area contributed by atoms with Gasteiger partial charge in [-0.1, -0.05) is 315 Å². The van der Waals surface area contributed by atoms with E-state index in [1.165, 1.54) is 114 Å². The number of anilines is 15. The number of hydrogen-bond donors (Lipinski definition) is 0. The highest BCUT2D eigenvalue weighted by Crippen LogP contribution is 2.46. The number of rotatable bonds is 17. The van der Waals surface area contributed by atoms with E-state index >= 15 is 0 Å². The predicted molar refractivity (Wildman–Crippen MR) is 538 cm³/mol. The van der Waals surface area contributed by atoms with Crippen LogP contribution in [-0.2, 0) is 0 Å². The van der Waals surface area contributed by atoms with Crippen molar-refractivity contribution in [2.75, 3.05) is 50.5 Å². The fraction of sp³-hybridized carbons (Fsp3) is 0.0252.